The van der Waals surface area contributed by atoms with Crippen molar-refractivity contribution in [1.82, 2.24) is 9.80 Å². The normalized spacial score (nSPS) is 26.9. The topological polar surface area (TPSA) is 30.3 Å². The molecule has 92 valence electrons. The molecule has 0 radical (unpaired) electrons. The zero-order valence-corrected chi connectivity index (χ0v) is 10.7. The molecule has 2 aliphatic rings. The zero-order chi connectivity index (χ0) is 11.5. The van der Waals surface area contributed by atoms with Crippen LogP contribution in [0.4, 0.5) is 0 Å². The molecule has 0 aromatic carbocycles. The van der Waals surface area contributed by atoms with Gasteiger partial charge in [0.15, 0.2) is 0 Å². The van der Waals surface area contributed by atoms with Crippen molar-refractivity contribution < 1.29 is 0 Å². The molecule has 1 saturated carbocycles. The van der Waals surface area contributed by atoms with Crippen molar-refractivity contribution in [2.45, 2.75) is 44.6 Å². The number of rotatable bonds is 3. The van der Waals surface area contributed by atoms with Gasteiger partial charge in [-0.3, -0.25) is 5.41 Å². The maximum absolute atomic E-state index is 8.37. The molecule has 0 spiro atoms. The molecule has 1 aliphatic carbocycles. The van der Waals surface area contributed by atoms with Gasteiger partial charge in [0.25, 0.3) is 0 Å². The molecule has 0 bridgehead atoms. The quantitative estimate of drug-likeness (QED) is 0.587. The Kier molecular flexibility index (Phi) is 3.85. The van der Waals surface area contributed by atoms with Gasteiger partial charge >= 0.3 is 0 Å². The minimum atomic E-state index is 0.572. The molecule has 2 fully saturated rings. The van der Waals surface area contributed by atoms with Gasteiger partial charge in [-0.05, 0) is 39.8 Å². The Hall–Kier alpha value is -0.570. The van der Waals surface area contributed by atoms with Crippen LogP contribution in [-0.4, -0.2) is 48.9 Å². The van der Waals surface area contributed by atoms with E-state index in [0.29, 0.717) is 12.0 Å². The summed E-state index contributed by atoms with van der Waals surface area (Å²) in [5.41, 5.74) is 0. The predicted molar refractivity (Wildman–Crippen MR) is 68.0 cm³/mol. The first-order chi connectivity index (χ1) is 7.68. The Morgan fingerprint density at radius 2 is 1.88 bits per heavy atom. The Labute approximate surface area is 99.3 Å². The number of nitrogens with one attached hydrogen (secondary N) is 1. The van der Waals surface area contributed by atoms with E-state index in [-0.39, 0.29) is 0 Å². The first-order valence-electron chi connectivity index (χ1n) is 6.68. The minimum absolute atomic E-state index is 0.572. The molecule has 1 unspecified atom stereocenters. The van der Waals surface area contributed by atoms with Crippen molar-refractivity contribution in [3.63, 3.8) is 0 Å². The van der Waals surface area contributed by atoms with Gasteiger partial charge in [-0.2, -0.15) is 0 Å². The van der Waals surface area contributed by atoms with Crippen LogP contribution < -0.4 is 0 Å². The molecule has 2 rings (SSSR count). The maximum Gasteiger partial charge on any atom is 0.0992 e. The first kappa shape index (κ1) is 11.9. The molecule has 0 aromatic rings. The summed E-state index contributed by atoms with van der Waals surface area (Å²) in [5.74, 6) is 1.52. The monoisotopic (exact) mass is 223 g/mol. The summed E-state index contributed by atoms with van der Waals surface area (Å²) in [5, 5.41) is 8.37. The zero-order valence-electron chi connectivity index (χ0n) is 10.7. The van der Waals surface area contributed by atoms with Crippen molar-refractivity contribution >= 4 is 5.84 Å². The van der Waals surface area contributed by atoms with E-state index in [0.717, 1.165) is 18.9 Å². The lowest BCUT2D eigenvalue weighted by molar-refractivity contribution is 0.276. The summed E-state index contributed by atoms with van der Waals surface area (Å²) in [7, 11) is 4.27. The molecular weight excluding hydrogens is 198 g/mol. The van der Waals surface area contributed by atoms with Crippen LogP contribution in [0.2, 0.25) is 0 Å². The van der Waals surface area contributed by atoms with Gasteiger partial charge in [0, 0.05) is 25.0 Å². The smallest absolute Gasteiger partial charge is 0.0992 e. The number of amidine groups is 1. The molecule has 1 N–H and O–H groups in total. The second-order valence-corrected chi connectivity index (χ2v) is 5.62. The fourth-order valence-electron chi connectivity index (χ4n) is 3.20. The van der Waals surface area contributed by atoms with E-state index >= 15 is 0 Å². The Bertz CT molecular complexity index is 244. The van der Waals surface area contributed by atoms with Crippen LogP contribution in [0.15, 0.2) is 0 Å². The SMILES string of the molecule is CN(C)CC1CCCN1C(=N)C1CCCC1. The number of likely N-dealkylation sites (tertiary alicyclic amines) is 1. The predicted octanol–water partition coefficient (Wildman–Crippen LogP) is 2.18. The van der Waals surface area contributed by atoms with Crippen LogP contribution in [0, 0.1) is 11.3 Å². The highest BCUT2D eigenvalue weighted by atomic mass is 15.2. The minimum Gasteiger partial charge on any atom is -0.356 e. The largest absolute Gasteiger partial charge is 0.356 e. The van der Waals surface area contributed by atoms with Crippen molar-refractivity contribution in [2.75, 3.05) is 27.2 Å². The van der Waals surface area contributed by atoms with Gasteiger partial charge in [0.2, 0.25) is 0 Å². The van der Waals surface area contributed by atoms with Gasteiger partial charge in [0.05, 0.1) is 5.84 Å². The molecular formula is C13H25N3. The van der Waals surface area contributed by atoms with Crippen LogP contribution in [0.25, 0.3) is 0 Å². The number of hydrogen-bond donors (Lipinski definition) is 1. The highest BCUT2D eigenvalue weighted by Gasteiger charge is 2.31. The first-order valence-corrected chi connectivity index (χ1v) is 6.68. The molecule has 1 heterocycles. The Balaban J connectivity index is 1.93. The lowest BCUT2D eigenvalue weighted by Gasteiger charge is -2.31. The molecule has 16 heavy (non-hydrogen) atoms. The van der Waals surface area contributed by atoms with E-state index < -0.39 is 0 Å². The second kappa shape index (κ2) is 5.17. The third-order valence-electron chi connectivity index (χ3n) is 4.00. The van der Waals surface area contributed by atoms with Crippen LogP contribution in [0.1, 0.15) is 38.5 Å². The van der Waals surface area contributed by atoms with Crippen LogP contribution >= 0.6 is 0 Å². The van der Waals surface area contributed by atoms with Gasteiger partial charge in [-0.25, -0.2) is 0 Å². The van der Waals surface area contributed by atoms with Crippen LogP contribution in [-0.2, 0) is 0 Å². The van der Waals surface area contributed by atoms with E-state index in [9.17, 15) is 0 Å². The molecule has 3 heteroatoms. The van der Waals surface area contributed by atoms with Gasteiger partial charge in [0.1, 0.15) is 0 Å². The average molecular weight is 223 g/mol. The lowest BCUT2D eigenvalue weighted by Crippen LogP contribution is -2.43. The summed E-state index contributed by atoms with van der Waals surface area (Å²) in [6.45, 7) is 2.23. The average Bonchev–Trinajstić information content (AvgIpc) is 2.84. The number of hydrogen-bond acceptors (Lipinski definition) is 2. The van der Waals surface area contributed by atoms with Crippen molar-refractivity contribution in [2.24, 2.45) is 5.92 Å². The molecule has 1 atom stereocenters. The second-order valence-electron chi connectivity index (χ2n) is 5.62. The summed E-state index contributed by atoms with van der Waals surface area (Å²) in [6.07, 6.45) is 7.72. The highest BCUT2D eigenvalue weighted by Crippen LogP contribution is 2.29. The molecule has 1 saturated heterocycles. The molecule has 3 nitrogen and oxygen atoms in total. The van der Waals surface area contributed by atoms with Crippen molar-refractivity contribution in [3.8, 4) is 0 Å². The van der Waals surface area contributed by atoms with Crippen molar-refractivity contribution in [3.05, 3.63) is 0 Å². The standard InChI is InChI=1S/C13H25N3/c1-15(2)10-12-8-5-9-16(12)13(14)11-6-3-4-7-11/h11-12,14H,3-10H2,1-2H3. The Morgan fingerprint density at radius 3 is 2.50 bits per heavy atom. The Morgan fingerprint density at radius 1 is 1.19 bits per heavy atom. The van der Waals surface area contributed by atoms with Gasteiger partial charge in [-0.1, -0.05) is 12.8 Å². The summed E-state index contributed by atoms with van der Waals surface area (Å²) in [4.78, 5) is 4.64. The number of likely N-dealkylation sites (N-methyl/N-ethyl adjacent to an activating group) is 1. The van der Waals surface area contributed by atoms with Crippen molar-refractivity contribution in [1.29, 1.82) is 5.41 Å². The van der Waals surface area contributed by atoms with E-state index in [2.05, 4.69) is 23.9 Å². The van der Waals surface area contributed by atoms with E-state index in [1.807, 2.05) is 0 Å². The van der Waals surface area contributed by atoms with E-state index in [1.54, 1.807) is 0 Å². The van der Waals surface area contributed by atoms with E-state index in [1.165, 1.54) is 38.5 Å². The van der Waals surface area contributed by atoms with Gasteiger partial charge < -0.3 is 9.80 Å². The maximum atomic E-state index is 8.37. The summed E-state index contributed by atoms with van der Waals surface area (Å²) < 4.78 is 0. The third kappa shape index (κ3) is 2.57. The molecule has 1 aliphatic heterocycles. The highest BCUT2D eigenvalue weighted by molar-refractivity contribution is 5.82. The molecule has 0 amide bonds. The van der Waals surface area contributed by atoms with Crippen LogP contribution in [0.3, 0.4) is 0 Å². The van der Waals surface area contributed by atoms with Crippen LogP contribution in [0.5, 0.6) is 0 Å². The third-order valence-corrected chi connectivity index (χ3v) is 4.00. The number of nitrogens with zero attached hydrogens (tertiary/aromatic N) is 2. The summed E-state index contributed by atoms with van der Waals surface area (Å²) in [6, 6.07) is 0.600. The van der Waals surface area contributed by atoms with E-state index in [4.69, 9.17) is 5.41 Å². The fraction of sp³-hybridized carbons (Fsp3) is 0.923. The fourth-order valence-corrected chi connectivity index (χ4v) is 3.20. The lowest BCUT2D eigenvalue weighted by atomic mass is 10.1. The summed E-state index contributed by atoms with van der Waals surface area (Å²) >= 11 is 0. The van der Waals surface area contributed by atoms with Gasteiger partial charge in [-0.15, -0.1) is 0 Å². The molecule has 0 aromatic heterocycles.